The van der Waals surface area contributed by atoms with Crippen molar-refractivity contribution in [3.63, 3.8) is 0 Å². The maximum absolute atomic E-state index is 12.2. The van der Waals surface area contributed by atoms with Gasteiger partial charge in [0.15, 0.2) is 0 Å². The molecule has 18 heavy (non-hydrogen) atoms. The zero-order valence-electron chi connectivity index (χ0n) is 10.4. The number of benzene rings is 2. The fourth-order valence-electron chi connectivity index (χ4n) is 1.94. The first-order valence-corrected chi connectivity index (χ1v) is 6.15. The van der Waals surface area contributed by atoms with E-state index < -0.39 is 6.43 Å². The van der Waals surface area contributed by atoms with Gasteiger partial charge in [-0.25, -0.2) is 8.78 Å². The Morgan fingerprint density at radius 1 is 0.778 bits per heavy atom. The van der Waals surface area contributed by atoms with E-state index in [1.165, 1.54) is 5.56 Å². The van der Waals surface area contributed by atoms with Gasteiger partial charge in [0.25, 0.3) is 0 Å². The summed E-state index contributed by atoms with van der Waals surface area (Å²) in [6.07, 6.45) is -1.43. The van der Waals surface area contributed by atoms with Crippen molar-refractivity contribution in [2.24, 2.45) is 0 Å². The van der Waals surface area contributed by atoms with Gasteiger partial charge in [0.05, 0.1) is 0 Å². The molecule has 0 heterocycles. The smallest absolute Gasteiger partial charge is 0.210 e. The molecule has 94 valence electrons. The first kappa shape index (κ1) is 12.7. The van der Waals surface area contributed by atoms with Crippen LogP contribution in [0.25, 0.3) is 11.1 Å². The van der Waals surface area contributed by atoms with E-state index >= 15 is 0 Å². The maximum atomic E-state index is 12.2. The maximum Gasteiger partial charge on any atom is 0.242 e. The van der Waals surface area contributed by atoms with Crippen molar-refractivity contribution >= 4 is 0 Å². The third kappa shape index (κ3) is 3.16. The predicted molar refractivity (Wildman–Crippen MR) is 71.0 cm³/mol. The Kier molecular flexibility index (Phi) is 4.08. The van der Waals surface area contributed by atoms with Gasteiger partial charge in [-0.15, -0.1) is 0 Å². The lowest BCUT2D eigenvalue weighted by Crippen LogP contribution is -1.96. The summed E-state index contributed by atoms with van der Waals surface area (Å²) in [5.74, 6) is 0. The van der Waals surface area contributed by atoms with Crippen LogP contribution in [0.2, 0.25) is 0 Å². The lowest BCUT2D eigenvalue weighted by atomic mass is 10.0. The number of hydrogen-bond donors (Lipinski definition) is 0. The molecular weight excluding hydrogens is 230 g/mol. The quantitative estimate of drug-likeness (QED) is 0.732. The molecule has 0 radical (unpaired) electrons. The van der Waals surface area contributed by atoms with Crippen LogP contribution in [-0.4, -0.2) is 6.43 Å². The molecule has 0 fully saturated rings. The third-order valence-corrected chi connectivity index (χ3v) is 3.04. The highest BCUT2D eigenvalue weighted by molar-refractivity contribution is 5.63. The van der Waals surface area contributed by atoms with Gasteiger partial charge in [-0.2, -0.15) is 0 Å². The molecule has 2 heteroatoms. The second-order valence-corrected chi connectivity index (χ2v) is 4.34. The highest BCUT2D eigenvalue weighted by atomic mass is 19.3. The predicted octanol–water partition coefficient (Wildman–Crippen LogP) is 4.72. The van der Waals surface area contributed by atoms with Gasteiger partial charge in [-0.1, -0.05) is 55.5 Å². The van der Waals surface area contributed by atoms with Gasteiger partial charge in [0.2, 0.25) is 6.43 Å². The minimum atomic E-state index is -2.28. The van der Waals surface area contributed by atoms with Crippen molar-refractivity contribution in [1.82, 2.24) is 0 Å². The molecule has 0 bridgehead atoms. The summed E-state index contributed by atoms with van der Waals surface area (Å²) in [5, 5.41) is 0. The minimum Gasteiger partial charge on any atom is -0.210 e. The number of alkyl halides is 2. The Balaban J connectivity index is 2.17. The highest BCUT2D eigenvalue weighted by Crippen LogP contribution is 2.21. The van der Waals surface area contributed by atoms with Gasteiger partial charge in [-0.05, 0) is 28.7 Å². The minimum absolute atomic E-state index is 0.172. The molecule has 0 saturated heterocycles. The topological polar surface area (TPSA) is 0 Å². The first-order chi connectivity index (χ1) is 8.69. The Hall–Kier alpha value is -1.70. The van der Waals surface area contributed by atoms with E-state index in [1.54, 1.807) is 12.1 Å². The van der Waals surface area contributed by atoms with Gasteiger partial charge in [0.1, 0.15) is 0 Å². The molecule has 0 nitrogen and oxygen atoms in total. The Morgan fingerprint density at radius 3 is 1.61 bits per heavy atom. The number of hydrogen-bond acceptors (Lipinski definition) is 0. The lowest BCUT2D eigenvalue weighted by molar-refractivity contribution is 0.149. The molecule has 0 saturated carbocycles. The summed E-state index contributed by atoms with van der Waals surface area (Å²) in [6.45, 7) is 2.12. The normalized spacial score (nSPS) is 10.9. The molecule has 0 spiro atoms. The molecule has 2 aromatic rings. The lowest BCUT2D eigenvalue weighted by Gasteiger charge is -2.05. The average Bonchev–Trinajstić information content (AvgIpc) is 2.39. The summed E-state index contributed by atoms with van der Waals surface area (Å²) in [5.41, 5.74) is 4.17. The highest BCUT2D eigenvalue weighted by Gasteiger charge is 2.04. The van der Waals surface area contributed by atoms with Crippen molar-refractivity contribution < 1.29 is 8.78 Å². The van der Waals surface area contributed by atoms with E-state index in [1.807, 2.05) is 12.1 Å². The first-order valence-electron chi connectivity index (χ1n) is 6.15. The molecule has 0 aromatic heterocycles. The van der Waals surface area contributed by atoms with Crippen molar-refractivity contribution in [3.8, 4) is 11.1 Å². The summed E-state index contributed by atoms with van der Waals surface area (Å²) < 4.78 is 24.5. The zero-order valence-corrected chi connectivity index (χ0v) is 10.4. The van der Waals surface area contributed by atoms with Gasteiger partial charge in [0, 0.05) is 6.42 Å². The number of rotatable bonds is 4. The summed E-state index contributed by atoms with van der Waals surface area (Å²) in [4.78, 5) is 0. The summed E-state index contributed by atoms with van der Waals surface area (Å²) in [6, 6.07) is 15.7. The van der Waals surface area contributed by atoms with Gasteiger partial charge >= 0.3 is 0 Å². The monoisotopic (exact) mass is 246 g/mol. The molecule has 0 unspecified atom stereocenters. The average molecular weight is 246 g/mol. The van der Waals surface area contributed by atoms with Gasteiger partial charge < -0.3 is 0 Å². The van der Waals surface area contributed by atoms with Crippen molar-refractivity contribution in [2.45, 2.75) is 26.2 Å². The van der Waals surface area contributed by atoms with Crippen LogP contribution in [0.3, 0.4) is 0 Å². The van der Waals surface area contributed by atoms with Crippen LogP contribution < -0.4 is 0 Å². The van der Waals surface area contributed by atoms with E-state index in [-0.39, 0.29) is 6.42 Å². The third-order valence-electron chi connectivity index (χ3n) is 3.04. The Labute approximate surface area is 106 Å². The second-order valence-electron chi connectivity index (χ2n) is 4.34. The van der Waals surface area contributed by atoms with E-state index in [0.717, 1.165) is 17.5 Å². The Morgan fingerprint density at radius 2 is 1.22 bits per heavy atom. The SMILES string of the molecule is CCc1ccc(-c2ccc(CC(F)F)cc2)cc1. The molecule has 0 amide bonds. The van der Waals surface area contributed by atoms with Crippen LogP contribution in [0.4, 0.5) is 8.78 Å². The molecule has 0 N–H and O–H groups in total. The molecule has 0 atom stereocenters. The van der Waals surface area contributed by atoms with Crippen LogP contribution >= 0.6 is 0 Å². The molecule has 2 aromatic carbocycles. The van der Waals surface area contributed by atoms with E-state index in [2.05, 4.69) is 31.2 Å². The second kappa shape index (κ2) is 5.76. The van der Waals surface area contributed by atoms with Crippen LogP contribution in [-0.2, 0) is 12.8 Å². The fourth-order valence-corrected chi connectivity index (χ4v) is 1.94. The molecular formula is C16H16F2. The Bertz CT molecular complexity index is 484. The molecule has 0 aliphatic heterocycles. The molecule has 2 rings (SSSR count). The van der Waals surface area contributed by atoms with Crippen molar-refractivity contribution in [2.75, 3.05) is 0 Å². The summed E-state index contributed by atoms with van der Waals surface area (Å²) >= 11 is 0. The van der Waals surface area contributed by atoms with Crippen molar-refractivity contribution in [3.05, 3.63) is 59.7 Å². The largest absolute Gasteiger partial charge is 0.242 e. The van der Waals surface area contributed by atoms with E-state index in [9.17, 15) is 8.78 Å². The zero-order chi connectivity index (χ0) is 13.0. The van der Waals surface area contributed by atoms with Crippen LogP contribution in [0.5, 0.6) is 0 Å². The van der Waals surface area contributed by atoms with Crippen molar-refractivity contribution in [1.29, 1.82) is 0 Å². The van der Waals surface area contributed by atoms with Crippen LogP contribution in [0.15, 0.2) is 48.5 Å². The summed E-state index contributed by atoms with van der Waals surface area (Å²) in [7, 11) is 0. The number of halogens is 2. The molecule has 0 aliphatic rings. The van der Waals surface area contributed by atoms with E-state index in [4.69, 9.17) is 0 Å². The van der Waals surface area contributed by atoms with E-state index in [0.29, 0.717) is 5.56 Å². The fraction of sp³-hybridized carbons (Fsp3) is 0.250. The molecule has 0 aliphatic carbocycles. The van der Waals surface area contributed by atoms with Crippen LogP contribution in [0, 0.1) is 0 Å². The number of aryl methyl sites for hydroxylation is 1. The van der Waals surface area contributed by atoms with Crippen LogP contribution in [0.1, 0.15) is 18.1 Å². The van der Waals surface area contributed by atoms with Gasteiger partial charge in [-0.3, -0.25) is 0 Å². The standard InChI is InChI=1S/C16H16F2/c1-2-12-3-7-14(8-4-12)15-9-5-13(6-10-15)11-16(17)18/h3-10,16H,2,11H2,1H3.